The second-order valence-electron chi connectivity index (χ2n) is 5.14. The molecule has 0 aliphatic carbocycles. The van der Waals surface area contributed by atoms with Crippen LogP contribution in [0, 0.1) is 0 Å². The van der Waals surface area contributed by atoms with Crippen LogP contribution in [0.15, 0.2) is 23.3 Å². The lowest BCUT2D eigenvalue weighted by Crippen LogP contribution is -2.42. The largest absolute Gasteiger partial charge is 0.504 e. The fourth-order valence-corrected chi connectivity index (χ4v) is 2.02. The number of ether oxygens (including phenoxy) is 1. The number of imide groups is 1. The molecule has 3 amide bonds. The molecule has 1 saturated heterocycles. The van der Waals surface area contributed by atoms with Crippen LogP contribution in [0.4, 0.5) is 4.79 Å². The van der Waals surface area contributed by atoms with Crippen LogP contribution in [0.3, 0.4) is 0 Å². The second-order valence-corrected chi connectivity index (χ2v) is 5.14. The number of phenols is 1. The number of urea groups is 1. The van der Waals surface area contributed by atoms with E-state index in [1.807, 2.05) is 6.92 Å². The summed E-state index contributed by atoms with van der Waals surface area (Å²) in [7, 11) is 0. The van der Waals surface area contributed by atoms with E-state index >= 15 is 0 Å². The average molecular weight is 305 g/mol. The molecule has 0 aromatic heterocycles. The molecule has 1 fully saturated rings. The first-order chi connectivity index (χ1) is 10.4. The highest BCUT2D eigenvalue weighted by Gasteiger charge is 2.46. The maximum absolute atomic E-state index is 12.2. The van der Waals surface area contributed by atoms with Crippen molar-refractivity contribution in [2.45, 2.75) is 32.7 Å². The minimum atomic E-state index is -0.917. The van der Waals surface area contributed by atoms with Crippen molar-refractivity contribution < 1.29 is 19.4 Å². The van der Waals surface area contributed by atoms with Gasteiger partial charge in [-0.25, -0.2) is 4.79 Å². The zero-order valence-electron chi connectivity index (χ0n) is 12.8. The molecule has 1 aromatic rings. The van der Waals surface area contributed by atoms with Crippen molar-refractivity contribution in [2.75, 3.05) is 6.61 Å². The van der Waals surface area contributed by atoms with Gasteiger partial charge < -0.3 is 15.2 Å². The molecule has 1 aliphatic heterocycles. The van der Waals surface area contributed by atoms with Gasteiger partial charge in [-0.3, -0.25) is 4.79 Å². The molecular formula is C15H19N3O4. The molecule has 0 spiro atoms. The molecule has 7 heteroatoms. The Morgan fingerprint density at radius 2 is 2.14 bits per heavy atom. The highest BCUT2D eigenvalue weighted by atomic mass is 16.5. The van der Waals surface area contributed by atoms with Crippen LogP contribution in [0.25, 0.3) is 0 Å². The maximum atomic E-state index is 12.2. The Bertz CT molecular complexity index is 629. The summed E-state index contributed by atoms with van der Waals surface area (Å²) in [4.78, 5) is 24.0. The highest BCUT2D eigenvalue weighted by Crippen LogP contribution is 2.26. The van der Waals surface area contributed by atoms with E-state index < -0.39 is 11.6 Å². The summed E-state index contributed by atoms with van der Waals surface area (Å²) in [5.41, 5.74) is -0.313. The minimum Gasteiger partial charge on any atom is -0.504 e. The topological polar surface area (TPSA) is 91.2 Å². The molecule has 22 heavy (non-hydrogen) atoms. The van der Waals surface area contributed by atoms with Gasteiger partial charge in [-0.1, -0.05) is 6.92 Å². The summed E-state index contributed by atoms with van der Waals surface area (Å²) < 4.78 is 5.27. The summed E-state index contributed by atoms with van der Waals surface area (Å²) in [5, 5.41) is 17.0. The van der Waals surface area contributed by atoms with Gasteiger partial charge in [0.1, 0.15) is 5.54 Å². The zero-order chi connectivity index (χ0) is 16.3. The average Bonchev–Trinajstić information content (AvgIpc) is 2.71. The number of carbonyl (C=O) groups excluding carboxylic acids is 2. The molecule has 1 atom stereocenters. The van der Waals surface area contributed by atoms with Gasteiger partial charge in [0.2, 0.25) is 0 Å². The van der Waals surface area contributed by atoms with E-state index in [-0.39, 0.29) is 11.7 Å². The minimum absolute atomic E-state index is 0.0209. The van der Waals surface area contributed by atoms with Crippen molar-refractivity contribution in [3.05, 3.63) is 23.8 Å². The highest BCUT2D eigenvalue weighted by molar-refractivity contribution is 6.07. The van der Waals surface area contributed by atoms with Gasteiger partial charge in [0.15, 0.2) is 11.5 Å². The Morgan fingerprint density at radius 1 is 1.41 bits per heavy atom. The first kappa shape index (κ1) is 15.8. The third-order valence-corrected chi connectivity index (χ3v) is 3.55. The standard InChI is InChI=1S/C15H19N3O4/c1-4-15(3)13(20)18(14(21)17-15)16-9-10-6-7-11(19)12(8-10)22-5-2/h6-9,19H,4-5H2,1-3H3,(H,17,21). The Kier molecular flexibility index (Phi) is 4.35. The van der Waals surface area contributed by atoms with E-state index in [9.17, 15) is 14.7 Å². The fraction of sp³-hybridized carbons (Fsp3) is 0.400. The van der Waals surface area contributed by atoms with Crippen molar-refractivity contribution in [1.82, 2.24) is 10.3 Å². The van der Waals surface area contributed by atoms with Crippen LogP contribution in [0.2, 0.25) is 0 Å². The summed E-state index contributed by atoms with van der Waals surface area (Å²) >= 11 is 0. The lowest BCUT2D eigenvalue weighted by molar-refractivity contribution is -0.130. The molecule has 0 saturated carbocycles. The number of hydrogen-bond donors (Lipinski definition) is 2. The smallest absolute Gasteiger partial charge is 0.346 e. The van der Waals surface area contributed by atoms with Crippen molar-refractivity contribution >= 4 is 18.2 Å². The molecule has 0 bridgehead atoms. The Labute approximate surface area is 128 Å². The molecule has 118 valence electrons. The molecule has 2 rings (SSSR count). The van der Waals surface area contributed by atoms with E-state index in [0.29, 0.717) is 24.3 Å². The summed E-state index contributed by atoms with van der Waals surface area (Å²) in [6.45, 7) is 5.70. The van der Waals surface area contributed by atoms with Gasteiger partial charge in [0.05, 0.1) is 12.8 Å². The number of carbonyl (C=O) groups is 2. The quantitative estimate of drug-likeness (QED) is 0.641. The SMILES string of the molecule is CCOc1cc(C=NN2C(=O)NC(C)(CC)C2=O)ccc1O. The summed E-state index contributed by atoms with van der Waals surface area (Å²) in [5.74, 6) is -0.0466. The van der Waals surface area contributed by atoms with Crippen LogP contribution in [0.5, 0.6) is 11.5 Å². The van der Waals surface area contributed by atoms with Gasteiger partial charge in [-0.05, 0) is 44.0 Å². The number of phenolic OH excluding ortho intramolecular Hbond substituents is 1. The van der Waals surface area contributed by atoms with Gasteiger partial charge >= 0.3 is 6.03 Å². The number of hydrogen-bond acceptors (Lipinski definition) is 5. The number of nitrogens with one attached hydrogen (secondary N) is 1. The second kappa shape index (κ2) is 6.05. The van der Waals surface area contributed by atoms with E-state index in [1.54, 1.807) is 26.0 Å². The molecule has 1 unspecified atom stereocenters. The molecule has 1 aliphatic rings. The maximum Gasteiger partial charge on any atom is 0.346 e. The van der Waals surface area contributed by atoms with Crippen molar-refractivity contribution in [1.29, 1.82) is 0 Å². The Balaban J connectivity index is 2.20. The van der Waals surface area contributed by atoms with Crippen LogP contribution in [-0.4, -0.2) is 40.4 Å². The fourth-order valence-electron chi connectivity index (χ4n) is 2.02. The van der Waals surface area contributed by atoms with E-state index in [0.717, 1.165) is 5.01 Å². The predicted octanol–water partition coefficient (Wildman–Crippen LogP) is 1.85. The van der Waals surface area contributed by atoms with Gasteiger partial charge in [0, 0.05) is 0 Å². The van der Waals surface area contributed by atoms with Gasteiger partial charge in [0.25, 0.3) is 5.91 Å². The van der Waals surface area contributed by atoms with Crippen LogP contribution in [-0.2, 0) is 4.79 Å². The summed E-state index contributed by atoms with van der Waals surface area (Å²) in [6.07, 6.45) is 1.86. The monoisotopic (exact) mass is 305 g/mol. The predicted molar refractivity (Wildman–Crippen MR) is 80.9 cm³/mol. The van der Waals surface area contributed by atoms with Crippen LogP contribution >= 0.6 is 0 Å². The molecule has 0 radical (unpaired) electrons. The molecule has 1 aromatic carbocycles. The Morgan fingerprint density at radius 3 is 2.73 bits per heavy atom. The molecule has 1 heterocycles. The normalized spacial score (nSPS) is 21.5. The third-order valence-electron chi connectivity index (χ3n) is 3.55. The number of hydrazone groups is 1. The Hall–Kier alpha value is -2.57. The first-order valence-corrected chi connectivity index (χ1v) is 7.07. The van der Waals surface area contributed by atoms with E-state index in [2.05, 4.69) is 10.4 Å². The van der Waals surface area contributed by atoms with Crippen LogP contribution < -0.4 is 10.1 Å². The van der Waals surface area contributed by atoms with Gasteiger partial charge in [-0.15, -0.1) is 5.01 Å². The van der Waals surface area contributed by atoms with Gasteiger partial charge in [-0.2, -0.15) is 5.10 Å². The number of aromatic hydroxyl groups is 1. The van der Waals surface area contributed by atoms with Crippen LogP contribution in [0.1, 0.15) is 32.8 Å². The number of amides is 3. The lowest BCUT2D eigenvalue weighted by Gasteiger charge is -2.17. The third kappa shape index (κ3) is 2.88. The van der Waals surface area contributed by atoms with E-state index in [1.165, 1.54) is 12.3 Å². The van der Waals surface area contributed by atoms with E-state index in [4.69, 9.17) is 4.74 Å². The number of nitrogens with zero attached hydrogens (tertiary/aromatic N) is 2. The number of benzene rings is 1. The zero-order valence-corrected chi connectivity index (χ0v) is 12.8. The molecule has 7 nitrogen and oxygen atoms in total. The van der Waals surface area contributed by atoms with Crippen molar-refractivity contribution in [2.24, 2.45) is 5.10 Å². The molecular weight excluding hydrogens is 286 g/mol. The van der Waals surface area contributed by atoms with Crippen molar-refractivity contribution in [3.63, 3.8) is 0 Å². The molecule has 2 N–H and O–H groups in total. The first-order valence-electron chi connectivity index (χ1n) is 7.07. The lowest BCUT2D eigenvalue weighted by atomic mass is 10.00. The number of rotatable bonds is 5. The van der Waals surface area contributed by atoms with Crippen molar-refractivity contribution in [3.8, 4) is 11.5 Å². The summed E-state index contributed by atoms with van der Waals surface area (Å²) in [6, 6.07) is 4.11.